The maximum absolute atomic E-state index is 5.93. The molecule has 1 heterocycles. The van der Waals surface area contributed by atoms with Crippen molar-refractivity contribution < 1.29 is 4.74 Å². The van der Waals surface area contributed by atoms with E-state index in [1.54, 1.807) is 0 Å². The van der Waals surface area contributed by atoms with Crippen molar-refractivity contribution in [2.45, 2.75) is 51.7 Å². The molecule has 0 saturated carbocycles. The van der Waals surface area contributed by atoms with Crippen LogP contribution in [0.25, 0.3) is 0 Å². The zero-order valence-corrected chi connectivity index (χ0v) is 12.0. The molecule has 0 aromatic heterocycles. The highest BCUT2D eigenvalue weighted by atomic mass is 16.5. The molecule has 0 aliphatic carbocycles. The fraction of sp³-hybridized carbons (Fsp3) is 0.625. The van der Waals surface area contributed by atoms with Crippen molar-refractivity contribution in [2.24, 2.45) is 0 Å². The lowest BCUT2D eigenvalue weighted by Gasteiger charge is -2.29. The van der Waals surface area contributed by atoms with Crippen LogP contribution >= 0.6 is 0 Å². The lowest BCUT2D eigenvalue weighted by molar-refractivity contribution is -0.0262. The normalized spacial score (nSPS) is 25.1. The van der Waals surface area contributed by atoms with Gasteiger partial charge < -0.3 is 10.1 Å². The molecule has 1 saturated heterocycles. The third kappa shape index (κ3) is 3.56. The topological polar surface area (TPSA) is 21.3 Å². The van der Waals surface area contributed by atoms with Crippen LogP contribution < -0.4 is 5.32 Å². The summed E-state index contributed by atoms with van der Waals surface area (Å²) in [4.78, 5) is 0. The molecule has 1 aromatic carbocycles. The smallest absolute Gasteiger partial charge is 0.0743 e. The van der Waals surface area contributed by atoms with Gasteiger partial charge in [0.05, 0.1) is 12.2 Å². The van der Waals surface area contributed by atoms with Gasteiger partial charge in [-0.1, -0.05) is 45.0 Å². The Morgan fingerprint density at radius 1 is 1.17 bits per heavy atom. The van der Waals surface area contributed by atoms with E-state index < -0.39 is 0 Å². The summed E-state index contributed by atoms with van der Waals surface area (Å²) in [6, 6.07) is 8.97. The maximum Gasteiger partial charge on any atom is 0.0743 e. The van der Waals surface area contributed by atoms with Crippen LogP contribution in [0.5, 0.6) is 0 Å². The average Bonchev–Trinajstić information content (AvgIpc) is 2.28. The highest BCUT2D eigenvalue weighted by molar-refractivity contribution is 5.27. The van der Waals surface area contributed by atoms with Gasteiger partial charge in [-0.25, -0.2) is 0 Å². The molecule has 2 rings (SSSR count). The quantitative estimate of drug-likeness (QED) is 0.867. The Labute approximate surface area is 111 Å². The second-order valence-electron chi connectivity index (χ2n) is 6.38. The molecule has 100 valence electrons. The molecule has 1 aliphatic heterocycles. The Morgan fingerprint density at radius 3 is 2.39 bits per heavy atom. The van der Waals surface area contributed by atoms with Crippen LogP contribution in [-0.2, 0) is 16.6 Å². The van der Waals surface area contributed by atoms with Crippen LogP contribution in [0.3, 0.4) is 0 Å². The average molecular weight is 247 g/mol. The largest absolute Gasteiger partial charge is 0.372 e. The number of ether oxygens (including phenoxy) is 1. The molecule has 0 bridgehead atoms. The first kappa shape index (κ1) is 13.6. The van der Waals surface area contributed by atoms with Crippen LogP contribution in [0.1, 0.15) is 38.8 Å². The number of morpholine rings is 1. The van der Waals surface area contributed by atoms with Gasteiger partial charge in [0.15, 0.2) is 0 Å². The minimum atomic E-state index is 0.232. The van der Waals surface area contributed by atoms with E-state index in [0.717, 1.165) is 19.5 Å². The van der Waals surface area contributed by atoms with E-state index in [9.17, 15) is 0 Å². The highest BCUT2D eigenvalue weighted by Crippen LogP contribution is 2.22. The van der Waals surface area contributed by atoms with Crippen molar-refractivity contribution in [2.75, 3.05) is 13.1 Å². The first-order valence-corrected chi connectivity index (χ1v) is 6.91. The lowest BCUT2D eigenvalue weighted by atomic mass is 9.86. The summed E-state index contributed by atoms with van der Waals surface area (Å²) in [5.41, 5.74) is 2.99. The van der Waals surface area contributed by atoms with E-state index in [1.165, 1.54) is 11.1 Å². The molecule has 1 N–H and O–H groups in total. The Balaban J connectivity index is 1.98. The molecule has 1 aromatic rings. The van der Waals surface area contributed by atoms with Gasteiger partial charge in [-0.15, -0.1) is 0 Å². The van der Waals surface area contributed by atoms with Gasteiger partial charge in [0, 0.05) is 13.1 Å². The van der Waals surface area contributed by atoms with Crippen LogP contribution in [0.2, 0.25) is 0 Å². The second kappa shape index (κ2) is 5.41. The number of nitrogens with one attached hydrogen (secondary N) is 1. The van der Waals surface area contributed by atoms with E-state index in [4.69, 9.17) is 4.74 Å². The van der Waals surface area contributed by atoms with E-state index in [2.05, 4.69) is 57.3 Å². The van der Waals surface area contributed by atoms with Gasteiger partial charge in [-0.2, -0.15) is 0 Å². The third-order valence-electron chi connectivity index (χ3n) is 3.51. The summed E-state index contributed by atoms with van der Waals surface area (Å²) in [7, 11) is 0. The van der Waals surface area contributed by atoms with Crippen molar-refractivity contribution in [3.63, 3.8) is 0 Å². The fourth-order valence-electron chi connectivity index (χ4n) is 2.40. The minimum absolute atomic E-state index is 0.232. The van der Waals surface area contributed by atoms with E-state index in [1.807, 2.05) is 0 Å². The molecular formula is C16H25NO. The molecule has 1 fully saturated rings. The van der Waals surface area contributed by atoms with Crippen LogP contribution in [0, 0.1) is 0 Å². The molecule has 2 atom stereocenters. The van der Waals surface area contributed by atoms with Gasteiger partial charge >= 0.3 is 0 Å². The zero-order valence-electron chi connectivity index (χ0n) is 12.0. The summed E-state index contributed by atoms with van der Waals surface area (Å²) in [6.45, 7) is 10.8. The summed E-state index contributed by atoms with van der Waals surface area (Å²) >= 11 is 0. The predicted molar refractivity (Wildman–Crippen MR) is 76.1 cm³/mol. The van der Waals surface area contributed by atoms with Gasteiger partial charge in [0.25, 0.3) is 0 Å². The molecule has 2 unspecified atom stereocenters. The third-order valence-corrected chi connectivity index (χ3v) is 3.51. The maximum atomic E-state index is 5.93. The Hall–Kier alpha value is -0.860. The number of benzene rings is 1. The van der Waals surface area contributed by atoms with Crippen molar-refractivity contribution in [1.29, 1.82) is 0 Å². The Morgan fingerprint density at radius 2 is 1.83 bits per heavy atom. The first-order valence-electron chi connectivity index (χ1n) is 6.91. The zero-order chi connectivity index (χ0) is 13.2. The van der Waals surface area contributed by atoms with E-state index >= 15 is 0 Å². The molecule has 18 heavy (non-hydrogen) atoms. The summed E-state index contributed by atoms with van der Waals surface area (Å²) < 4.78 is 5.93. The Kier molecular flexibility index (Phi) is 4.08. The van der Waals surface area contributed by atoms with Crippen molar-refractivity contribution >= 4 is 0 Å². The standard InChI is InChI=1S/C16H25NO/c1-12-10-17-11-15(18-12)9-13-5-7-14(8-6-13)16(2,3)4/h5-8,12,15,17H,9-11H2,1-4H3. The van der Waals surface area contributed by atoms with Crippen LogP contribution in [0.4, 0.5) is 0 Å². The molecule has 0 radical (unpaired) electrons. The van der Waals surface area contributed by atoms with Crippen LogP contribution in [0.15, 0.2) is 24.3 Å². The molecule has 2 heteroatoms. The van der Waals surface area contributed by atoms with Crippen molar-refractivity contribution in [1.82, 2.24) is 5.32 Å². The van der Waals surface area contributed by atoms with Gasteiger partial charge in [-0.3, -0.25) is 0 Å². The van der Waals surface area contributed by atoms with Gasteiger partial charge in [-0.05, 0) is 29.9 Å². The number of hydrogen-bond acceptors (Lipinski definition) is 2. The summed E-state index contributed by atoms with van der Waals surface area (Å²) in [5.74, 6) is 0. The SMILES string of the molecule is CC1CNCC(Cc2ccc(C(C)(C)C)cc2)O1. The predicted octanol–water partition coefficient (Wildman–Crippen LogP) is 2.90. The number of rotatable bonds is 2. The van der Waals surface area contributed by atoms with E-state index in [-0.39, 0.29) is 5.41 Å². The Bertz CT molecular complexity index is 377. The molecule has 0 spiro atoms. The van der Waals surface area contributed by atoms with Crippen molar-refractivity contribution in [3.05, 3.63) is 35.4 Å². The second-order valence-corrected chi connectivity index (χ2v) is 6.38. The van der Waals surface area contributed by atoms with Gasteiger partial charge in [0.2, 0.25) is 0 Å². The molecule has 2 nitrogen and oxygen atoms in total. The van der Waals surface area contributed by atoms with E-state index in [0.29, 0.717) is 12.2 Å². The summed E-state index contributed by atoms with van der Waals surface area (Å²) in [5, 5.41) is 3.42. The minimum Gasteiger partial charge on any atom is -0.372 e. The molecular weight excluding hydrogens is 222 g/mol. The fourth-order valence-corrected chi connectivity index (χ4v) is 2.40. The van der Waals surface area contributed by atoms with Gasteiger partial charge in [0.1, 0.15) is 0 Å². The van der Waals surface area contributed by atoms with Crippen LogP contribution in [-0.4, -0.2) is 25.3 Å². The lowest BCUT2D eigenvalue weighted by Crippen LogP contribution is -2.44. The first-order chi connectivity index (χ1) is 8.45. The highest BCUT2D eigenvalue weighted by Gasteiger charge is 2.19. The number of hydrogen-bond donors (Lipinski definition) is 1. The molecule has 1 aliphatic rings. The monoisotopic (exact) mass is 247 g/mol. The van der Waals surface area contributed by atoms with Crippen molar-refractivity contribution in [3.8, 4) is 0 Å². The molecule has 0 amide bonds. The summed E-state index contributed by atoms with van der Waals surface area (Å²) in [6.07, 6.45) is 1.65.